The van der Waals surface area contributed by atoms with Gasteiger partial charge < -0.3 is 30.9 Å². The van der Waals surface area contributed by atoms with Gasteiger partial charge in [0, 0.05) is 31.9 Å². The number of hydrogen-bond donors (Lipinski definition) is 4. The minimum atomic E-state index is -0.805. The highest BCUT2D eigenvalue weighted by atomic mass is 16.5. The Kier molecular flexibility index (Phi) is 7.66. The number of ether oxygens (including phenoxy) is 1. The second kappa shape index (κ2) is 9.96. The van der Waals surface area contributed by atoms with Crippen LogP contribution in [0.5, 0.6) is 11.5 Å². The van der Waals surface area contributed by atoms with Crippen LogP contribution in [0.15, 0.2) is 42.5 Å². The number of phenols is 1. The molecule has 2 rings (SSSR count). The Morgan fingerprint density at radius 3 is 2.54 bits per heavy atom. The molecule has 0 aliphatic heterocycles. The molecular formula is C21H29N3O4. The maximum absolute atomic E-state index is 11.3. The number of rotatable bonds is 10. The highest BCUT2D eigenvalue weighted by molar-refractivity contribution is 5.95. The van der Waals surface area contributed by atoms with Crippen molar-refractivity contribution >= 4 is 11.6 Å². The first-order chi connectivity index (χ1) is 13.3. The van der Waals surface area contributed by atoms with Gasteiger partial charge in [-0.3, -0.25) is 4.79 Å². The molecule has 152 valence electrons. The van der Waals surface area contributed by atoms with Crippen LogP contribution >= 0.6 is 0 Å². The van der Waals surface area contributed by atoms with Gasteiger partial charge in [0.15, 0.2) is 0 Å². The molecular weight excluding hydrogens is 358 g/mol. The third kappa shape index (κ3) is 5.87. The average Bonchev–Trinajstić information content (AvgIpc) is 2.70. The SMILES string of the molecule is COc1ccc(N(C)CCC(C)NCC(O)c2ccc(O)c(C(N)=O)c2)cc1. The first kappa shape index (κ1) is 21.5. The van der Waals surface area contributed by atoms with Crippen LogP contribution in [0, 0.1) is 0 Å². The number of aliphatic hydroxyl groups is 1. The van der Waals surface area contributed by atoms with Crippen LogP contribution < -0.4 is 20.7 Å². The van der Waals surface area contributed by atoms with Gasteiger partial charge in [-0.05, 0) is 55.3 Å². The molecule has 0 aliphatic rings. The Balaban J connectivity index is 1.82. The van der Waals surface area contributed by atoms with Crippen molar-refractivity contribution < 1.29 is 19.7 Å². The third-order valence-electron chi connectivity index (χ3n) is 4.74. The molecule has 0 bridgehead atoms. The van der Waals surface area contributed by atoms with Crippen LogP contribution in [0.2, 0.25) is 0 Å². The molecule has 0 fully saturated rings. The first-order valence-corrected chi connectivity index (χ1v) is 9.21. The topological polar surface area (TPSA) is 108 Å². The van der Waals surface area contributed by atoms with Crippen molar-refractivity contribution in [2.24, 2.45) is 5.73 Å². The smallest absolute Gasteiger partial charge is 0.252 e. The normalized spacial score (nSPS) is 13.0. The van der Waals surface area contributed by atoms with Gasteiger partial charge in [0.25, 0.3) is 5.91 Å². The molecule has 0 radical (unpaired) electrons. The predicted octanol–water partition coefficient (Wildman–Crippen LogP) is 2.04. The predicted molar refractivity (Wildman–Crippen MR) is 110 cm³/mol. The van der Waals surface area contributed by atoms with Crippen molar-refractivity contribution in [1.29, 1.82) is 0 Å². The lowest BCUT2D eigenvalue weighted by atomic mass is 10.0. The molecule has 2 unspecified atom stereocenters. The quantitative estimate of drug-likeness (QED) is 0.497. The second-order valence-corrected chi connectivity index (χ2v) is 6.87. The van der Waals surface area contributed by atoms with Gasteiger partial charge in [-0.2, -0.15) is 0 Å². The molecule has 0 heterocycles. The summed E-state index contributed by atoms with van der Waals surface area (Å²) in [7, 11) is 3.68. The maximum Gasteiger partial charge on any atom is 0.252 e. The van der Waals surface area contributed by atoms with E-state index < -0.39 is 12.0 Å². The van der Waals surface area contributed by atoms with E-state index in [-0.39, 0.29) is 17.4 Å². The minimum Gasteiger partial charge on any atom is -0.507 e. The number of nitrogens with two attached hydrogens (primary N) is 1. The maximum atomic E-state index is 11.3. The van der Waals surface area contributed by atoms with Gasteiger partial charge in [-0.25, -0.2) is 0 Å². The molecule has 0 aliphatic carbocycles. The fraction of sp³-hybridized carbons (Fsp3) is 0.381. The van der Waals surface area contributed by atoms with E-state index in [1.165, 1.54) is 12.1 Å². The molecule has 0 spiro atoms. The number of aromatic hydroxyl groups is 1. The Bertz CT molecular complexity index is 780. The first-order valence-electron chi connectivity index (χ1n) is 9.21. The van der Waals surface area contributed by atoms with E-state index in [9.17, 15) is 15.0 Å². The van der Waals surface area contributed by atoms with E-state index in [2.05, 4.69) is 17.1 Å². The number of methoxy groups -OCH3 is 1. The molecule has 7 nitrogen and oxygen atoms in total. The molecule has 0 saturated carbocycles. The number of amides is 1. The van der Waals surface area contributed by atoms with Crippen molar-refractivity contribution in [1.82, 2.24) is 5.32 Å². The number of carbonyl (C=O) groups excluding carboxylic acids is 1. The van der Waals surface area contributed by atoms with E-state index in [1.54, 1.807) is 13.2 Å². The Morgan fingerprint density at radius 2 is 1.93 bits per heavy atom. The molecule has 2 aromatic carbocycles. The van der Waals surface area contributed by atoms with Crippen LogP contribution in [0.3, 0.4) is 0 Å². The summed E-state index contributed by atoms with van der Waals surface area (Å²) in [6, 6.07) is 12.4. The number of anilines is 1. The van der Waals surface area contributed by atoms with Crippen LogP contribution in [-0.2, 0) is 0 Å². The van der Waals surface area contributed by atoms with E-state index in [1.807, 2.05) is 31.3 Å². The van der Waals surface area contributed by atoms with Crippen molar-refractivity contribution in [3.8, 4) is 11.5 Å². The lowest BCUT2D eigenvalue weighted by Gasteiger charge is -2.23. The van der Waals surface area contributed by atoms with Crippen molar-refractivity contribution in [2.75, 3.05) is 32.1 Å². The second-order valence-electron chi connectivity index (χ2n) is 6.87. The Labute approximate surface area is 165 Å². The van der Waals surface area contributed by atoms with E-state index in [0.29, 0.717) is 12.1 Å². The fourth-order valence-corrected chi connectivity index (χ4v) is 2.84. The summed E-state index contributed by atoms with van der Waals surface area (Å²) in [6.07, 6.45) is 0.0812. The van der Waals surface area contributed by atoms with Crippen LogP contribution in [0.1, 0.15) is 35.4 Å². The number of benzene rings is 2. The van der Waals surface area contributed by atoms with Gasteiger partial charge in [0.2, 0.25) is 0 Å². The molecule has 28 heavy (non-hydrogen) atoms. The Morgan fingerprint density at radius 1 is 1.25 bits per heavy atom. The summed E-state index contributed by atoms with van der Waals surface area (Å²) in [6.45, 7) is 3.23. The van der Waals surface area contributed by atoms with Crippen LogP contribution in [0.25, 0.3) is 0 Å². The van der Waals surface area contributed by atoms with Gasteiger partial charge in [-0.15, -0.1) is 0 Å². The zero-order valence-electron chi connectivity index (χ0n) is 16.6. The fourth-order valence-electron chi connectivity index (χ4n) is 2.84. The molecule has 0 aromatic heterocycles. The van der Waals surface area contributed by atoms with E-state index in [4.69, 9.17) is 10.5 Å². The number of carbonyl (C=O) groups is 1. The molecule has 0 saturated heterocycles. The summed E-state index contributed by atoms with van der Waals surface area (Å²) < 4.78 is 5.17. The van der Waals surface area contributed by atoms with Gasteiger partial charge in [0.1, 0.15) is 11.5 Å². The summed E-state index contributed by atoms with van der Waals surface area (Å²) >= 11 is 0. The lowest BCUT2D eigenvalue weighted by molar-refractivity contribution is 0.0997. The van der Waals surface area contributed by atoms with Crippen molar-refractivity contribution in [3.63, 3.8) is 0 Å². The lowest BCUT2D eigenvalue weighted by Crippen LogP contribution is -2.33. The molecule has 1 amide bonds. The van der Waals surface area contributed by atoms with Crippen molar-refractivity contribution in [3.05, 3.63) is 53.6 Å². The standard InChI is InChI=1S/C21H29N3O4/c1-14(10-11-24(2)16-5-7-17(28-3)8-6-16)23-13-20(26)15-4-9-19(25)18(12-15)21(22)27/h4-9,12,14,20,23,25-26H,10-11,13H2,1-3H3,(H2,22,27). The van der Waals surface area contributed by atoms with E-state index in [0.717, 1.165) is 24.4 Å². The molecule has 7 heteroatoms. The largest absolute Gasteiger partial charge is 0.507 e. The number of hydrogen-bond acceptors (Lipinski definition) is 6. The summed E-state index contributed by atoms with van der Waals surface area (Å²) in [5.74, 6) is -0.0873. The molecule has 2 aromatic rings. The average molecular weight is 387 g/mol. The summed E-state index contributed by atoms with van der Waals surface area (Å²) in [5.41, 5.74) is 6.87. The minimum absolute atomic E-state index is 0.00529. The summed E-state index contributed by atoms with van der Waals surface area (Å²) in [4.78, 5) is 13.5. The van der Waals surface area contributed by atoms with E-state index >= 15 is 0 Å². The number of nitrogens with zero attached hydrogens (tertiary/aromatic N) is 1. The van der Waals surface area contributed by atoms with Gasteiger partial charge >= 0.3 is 0 Å². The highest BCUT2D eigenvalue weighted by Gasteiger charge is 2.14. The van der Waals surface area contributed by atoms with Gasteiger partial charge in [0.05, 0.1) is 18.8 Å². The monoisotopic (exact) mass is 387 g/mol. The van der Waals surface area contributed by atoms with Crippen molar-refractivity contribution in [2.45, 2.75) is 25.5 Å². The number of primary amides is 1. The number of nitrogens with one attached hydrogen (secondary N) is 1. The zero-order chi connectivity index (χ0) is 20.7. The zero-order valence-corrected chi connectivity index (χ0v) is 16.6. The molecule has 2 atom stereocenters. The van der Waals surface area contributed by atoms with Gasteiger partial charge in [-0.1, -0.05) is 6.07 Å². The number of aliphatic hydroxyl groups excluding tert-OH is 1. The highest BCUT2D eigenvalue weighted by Crippen LogP contribution is 2.22. The molecule has 5 N–H and O–H groups in total. The third-order valence-corrected chi connectivity index (χ3v) is 4.74. The summed E-state index contributed by atoms with van der Waals surface area (Å²) in [5, 5.41) is 23.3. The Hall–Kier alpha value is -2.77. The van der Waals surface area contributed by atoms with Crippen LogP contribution in [-0.4, -0.2) is 49.4 Å². The van der Waals surface area contributed by atoms with Crippen LogP contribution in [0.4, 0.5) is 5.69 Å².